The molecule has 206 valence electrons. The zero-order chi connectivity index (χ0) is 29.3. The van der Waals surface area contributed by atoms with Crippen LogP contribution < -0.4 is 0 Å². The Labute approximate surface area is 244 Å². The monoisotopic (exact) mass is 608 g/mol. The first kappa shape index (κ1) is 28.2. The molecular formula is C30H18Cl2O8S. The Kier molecular flexibility index (Phi) is 7.77. The molecule has 41 heavy (non-hydrogen) atoms. The van der Waals surface area contributed by atoms with E-state index in [1.165, 1.54) is 48.5 Å². The van der Waals surface area contributed by atoms with Crippen LogP contribution >= 0.6 is 23.2 Å². The number of benzene rings is 4. The van der Waals surface area contributed by atoms with Crippen LogP contribution in [0.1, 0.15) is 41.4 Å². The second kappa shape index (κ2) is 11.3. The van der Waals surface area contributed by atoms with Gasteiger partial charge in [-0.05, 0) is 48.5 Å². The van der Waals surface area contributed by atoms with Crippen molar-refractivity contribution in [2.24, 2.45) is 0 Å². The van der Waals surface area contributed by atoms with Crippen molar-refractivity contribution in [2.75, 3.05) is 13.2 Å². The predicted octanol–water partition coefficient (Wildman–Crippen LogP) is 5.89. The molecule has 0 N–H and O–H groups in total. The van der Waals surface area contributed by atoms with E-state index in [1.807, 2.05) is 0 Å². The summed E-state index contributed by atoms with van der Waals surface area (Å²) in [6, 6.07) is 20.6. The van der Waals surface area contributed by atoms with Gasteiger partial charge in [0.1, 0.15) is 0 Å². The quantitative estimate of drug-likeness (QED) is 0.158. The lowest BCUT2D eigenvalue weighted by Crippen LogP contribution is -2.15. The van der Waals surface area contributed by atoms with E-state index in [1.54, 1.807) is 24.3 Å². The fourth-order valence-corrected chi connectivity index (χ4v) is 6.48. The Hall–Kier alpha value is -4.31. The summed E-state index contributed by atoms with van der Waals surface area (Å²) < 4.78 is 36.9. The Balaban J connectivity index is 1.31. The van der Waals surface area contributed by atoms with Crippen molar-refractivity contribution in [3.8, 4) is 11.1 Å². The molecule has 5 rings (SSSR count). The van der Waals surface area contributed by atoms with Crippen LogP contribution in [0.3, 0.4) is 0 Å². The highest BCUT2D eigenvalue weighted by molar-refractivity contribution is 7.92. The minimum absolute atomic E-state index is 0.0789. The van der Waals surface area contributed by atoms with E-state index in [2.05, 4.69) is 0 Å². The summed E-state index contributed by atoms with van der Waals surface area (Å²) in [5.41, 5.74) is 0.887. The molecule has 1 heterocycles. The van der Waals surface area contributed by atoms with Crippen LogP contribution in [0.5, 0.6) is 0 Å². The second-order valence-electron chi connectivity index (χ2n) is 8.88. The first-order valence-electron chi connectivity index (χ1n) is 12.0. The molecule has 0 bridgehead atoms. The number of Topliss-reactive ketones (excluding diaryl/α,β-unsaturated/α-hetero) is 2. The molecule has 0 aliphatic carbocycles. The molecule has 0 saturated carbocycles. The van der Waals surface area contributed by atoms with Gasteiger partial charge in [-0.15, -0.1) is 0 Å². The summed E-state index contributed by atoms with van der Waals surface area (Å²) in [5, 5.41) is 0.427. The van der Waals surface area contributed by atoms with Crippen molar-refractivity contribution in [3.05, 3.63) is 117 Å². The third-order valence-electron chi connectivity index (χ3n) is 6.32. The van der Waals surface area contributed by atoms with Crippen molar-refractivity contribution >= 4 is 56.5 Å². The molecule has 4 aromatic carbocycles. The summed E-state index contributed by atoms with van der Waals surface area (Å²) in [4.78, 5) is 49.7. The van der Waals surface area contributed by atoms with E-state index in [4.69, 9.17) is 32.7 Å². The van der Waals surface area contributed by atoms with E-state index >= 15 is 0 Å². The highest BCUT2D eigenvalue weighted by atomic mass is 35.5. The van der Waals surface area contributed by atoms with E-state index in [0.717, 1.165) is 12.1 Å². The molecular weight excluding hydrogens is 591 g/mol. The van der Waals surface area contributed by atoms with E-state index < -0.39 is 46.6 Å². The van der Waals surface area contributed by atoms with Gasteiger partial charge in [-0.1, -0.05) is 59.6 Å². The number of halogens is 2. The van der Waals surface area contributed by atoms with Crippen LogP contribution in [0, 0.1) is 0 Å². The molecule has 0 aromatic heterocycles. The maximum Gasteiger partial charge on any atom is 0.338 e. The Morgan fingerprint density at radius 2 is 0.976 bits per heavy atom. The van der Waals surface area contributed by atoms with Crippen LogP contribution in [0.25, 0.3) is 11.1 Å². The lowest BCUT2D eigenvalue weighted by atomic mass is 10.0. The van der Waals surface area contributed by atoms with Gasteiger partial charge in [0.25, 0.3) is 0 Å². The maximum absolute atomic E-state index is 13.4. The Bertz CT molecular complexity index is 1740. The highest BCUT2D eigenvalue weighted by Gasteiger charge is 2.35. The van der Waals surface area contributed by atoms with Crippen molar-refractivity contribution in [3.63, 3.8) is 0 Å². The first-order chi connectivity index (χ1) is 19.6. The number of hydrogen-bond acceptors (Lipinski definition) is 8. The van der Waals surface area contributed by atoms with Crippen molar-refractivity contribution in [1.29, 1.82) is 0 Å². The molecule has 11 heteroatoms. The molecule has 1 aliphatic rings. The average molecular weight is 609 g/mol. The molecule has 0 saturated heterocycles. The van der Waals surface area contributed by atoms with Gasteiger partial charge in [0, 0.05) is 22.3 Å². The number of carbonyl (C=O) groups is 4. The largest absolute Gasteiger partial charge is 0.454 e. The molecule has 8 nitrogen and oxygen atoms in total. The minimum atomic E-state index is -4.12. The third kappa shape index (κ3) is 5.52. The van der Waals surface area contributed by atoms with Gasteiger partial charge in [-0.25, -0.2) is 18.0 Å². The van der Waals surface area contributed by atoms with Crippen LogP contribution in [0.15, 0.2) is 94.7 Å². The number of fused-ring (bicyclic) bond motifs is 3. The van der Waals surface area contributed by atoms with Crippen molar-refractivity contribution in [2.45, 2.75) is 9.79 Å². The minimum Gasteiger partial charge on any atom is -0.454 e. The molecule has 1 aliphatic heterocycles. The number of ether oxygens (including phenoxy) is 2. The Morgan fingerprint density at radius 3 is 1.37 bits per heavy atom. The standard InChI is InChI=1S/C30H18Cl2O8S/c31-23-7-3-1-5-21(23)25(33)15-39-29(35)17-9-11-19-20-12-10-18(14-28(20)41(37,38)27(19)13-17)30(36)40-16-26(34)22-6-2-4-8-24(22)32/h1-14H,15-16H2. The molecule has 0 unspecified atom stereocenters. The smallest absolute Gasteiger partial charge is 0.338 e. The predicted molar refractivity (Wildman–Crippen MR) is 149 cm³/mol. The lowest BCUT2D eigenvalue weighted by molar-refractivity contribution is 0.0472. The summed E-state index contributed by atoms with van der Waals surface area (Å²) in [7, 11) is -4.12. The number of hydrogen-bond donors (Lipinski definition) is 0. The van der Waals surface area contributed by atoms with E-state index in [0.29, 0.717) is 11.1 Å². The van der Waals surface area contributed by atoms with Gasteiger partial charge in [0.15, 0.2) is 13.2 Å². The zero-order valence-corrected chi connectivity index (χ0v) is 23.3. The number of esters is 2. The topological polar surface area (TPSA) is 121 Å². The molecule has 0 spiro atoms. The molecule has 0 atom stereocenters. The zero-order valence-electron chi connectivity index (χ0n) is 20.9. The number of sulfone groups is 1. The highest BCUT2D eigenvalue weighted by Crippen LogP contribution is 2.44. The van der Waals surface area contributed by atoms with Crippen molar-refractivity contribution < 1.29 is 37.1 Å². The van der Waals surface area contributed by atoms with Crippen LogP contribution in [0.4, 0.5) is 0 Å². The average Bonchev–Trinajstić information content (AvgIpc) is 3.20. The second-order valence-corrected chi connectivity index (χ2v) is 11.6. The Morgan fingerprint density at radius 1 is 0.585 bits per heavy atom. The summed E-state index contributed by atoms with van der Waals surface area (Å²) in [5.74, 6) is -2.82. The number of rotatable bonds is 8. The normalized spacial score (nSPS) is 12.6. The summed E-state index contributed by atoms with van der Waals surface area (Å²) >= 11 is 12.0. The van der Waals surface area contributed by atoms with Gasteiger partial charge in [0.05, 0.1) is 31.0 Å². The SMILES string of the molecule is O=C(OCC(=O)c1ccccc1Cl)c1ccc2c(c1)S(=O)(=O)c1cc(C(=O)OCC(=O)c3ccccc3Cl)ccc1-2. The molecule has 4 aromatic rings. The fraction of sp³-hybridized carbons (Fsp3) is 0.0667. The summed E-state index contributed by atoms with van der Waals surface area (Å²) in [6.45, 7) is -1.17. The third-order valence-corrected chi connectivity index (χ3v) is 8.81. The van der Waals surface area contributed by atoms with Crippen LogP contribution in [-0.4, -0.2) is 45.1 Å². The fourth-order valence-electron chi connectivity index (χ4n) is 4.27. The van der Waals surface area contributed by atoms with Crippen LogP contribution in [0.2, 0.25) is 10.0 Å². The number of ketones is 2. The lowest BCUT2D eigenvalue weighted by Gasteiger charge is -2.07. The van der Waals surface area contributed by atoms with Crippen LogP contribution in [-0.2, 0) is 19.3 Å². The molecule has 0 radical (unpaired) electrons. The van der Waals surface area contributed by atoms with E-state index in [-0.39, 0.29) is 42.1 Å². The van der Waals surface area contributed by atoms with Gasteiger partial charge < -0.3 is 9.47 Å². The van der Waals surface area contributed by atoms with Gasteiger partial charge in [0.2, 0.25) is 21.4 Å². The van der Waals surface area contributed by atoms with Gasteiger partial charge in [-0.2, -0.15) is 0 Å². The summed E-state index contributed by atoms with van der Waals surface area (Å²) in [6.07, 6.45) is 0. The first-order valence-corrected chi connectivity index (χ1v) is 14.2. The van der Waals surface area contributed by atoms with Gasteiger partial charge in [-0.3, -0.25) is 9.59 Å². The number of carbonyl (C=O) groups excluding carboxylic acids is 4. The van der Waals surface area contributed by atoms with Crippen molar-refractivity contribution in [1.82, 2.24) is 0 Å². The van der Waals surface area contributed by atoms with Gasteiger partial charge >= 0.3 is 11.9 Å². The molecule has 0 fully saturated rings. The maximum atomic E-state index is 13.4. The molecule has 0 amide bonds. The van der Waals surface area contributed by atoms with E-state index in [9.17, 15) is 27.6 Å².